The molecule has 1 atom stereocenters. The molecule has 4 rings (SSSR count). The van der Waals surface area contributed by atoms with Gasteiger partial charge in [-0.1, -0.05) is 23.9 Å². The number of ether oxygens (including phenoxy) is 1. The van der Waals surface area contributed by atoms with Crippen LogP contribution in [0.4, 0.5) is 5.82 Å². The molecule has 2 aromatic rings. The van der Waals surface area contributed by atoms with E-state index in [9.17, 15) is 4.79 Å². The Morgan fingerprint density at radius 3 is 2.73 bits per heavy atom. The zero-order valence-electron chi connectivity index (χ0n) is 17.1. The van der Waals surface area contributed by atoms with E-state index < -0.39 is 0 Å². The second kappa shape index (κ2) is 8.63. The van der Waals surface area contributed by atoms with E-state index in [1.54, 1.807) is 0 Å². The Bertz CT molecular complexity index is 989. The molecular formula is C21H26N6O2S. The number of thioether (sulfide) groups is 1. The van der Waals surface area contributed by atoms with E-state index in [2.05, 4.69) is 15.5 Å². The van der Waals surface area contributed by atoms with Gasteiger partial charge in [0, 0.05) is 36.8 Å². The molecule has 8 nitrogen and oxygen atoms in total. The molecule has 2 aliphatic heterocycles. The lowest BCUT2D eigenvalue weighted by Gasteiger charge is -2.26. The summed E-state index contributed by atoms with van der Waals surface area (Å²) in [4.78, 5) is 15.3. The van der Waals surface area contributed by atoms with Crippen LogP contribution in [0.5, 0.6) is 0 Å². The van der Waals surface area contributed by atoms with Crippen LogP contribution >= 0.6 is 11.8 Å². The van der Waals surface area contributed by atoms with Crippen LogP contribution in [0.2, 0.25) is 0 Å². The zero-order chi connectivity index (χ0) is 21.3. The van der Waals surface area contributed by atoms with Crippen LogP contribution in [0.15, 0.2) is 34.7 Å². The number of fused-ring (bicyclic) bond motifs is 1. The van der Waals surface area contributed by atoms with Crippen molar-refractivity contribution in [3.63, 3.8) is 0 Å². The van der Waals surface area contributed by atoms with Gasteiger partial charge in [-0.15, -0.1) is 0 Å². The summed E-state index contributed by atoms with van der Waals surface area (Å²) in [6, 6.07) is 7.51. The minimum Gasteiger partial charge on any atom is -0.378 e. The number of carbonyl (C=O) groups excluding carboxylic acids is 1. The number of H-pyrrole nitrogens is 1. The van der Waals surface area contributed by atoms with Gasteiger partial charge in [0.2, 0.25) is 0 Å². The number of benzene rings is 1. The van der Waals surface area contributed by atoms with E-state index in [0.717, 1.165) is 33.1 Å². The molecule has 2 aliphatic rings. The molecule has 0 aliphatic carbocycles. The third kappa shape index (κ3) is 4.00. The monoisotopic (exact) mass is 426 g/mol. The van der Waals surface area contributed by atoms with Crippen molar-refractivity contribution in [1.82, 2.24) is 15.1 Å². The van der Waals surface area contributed by atoms with Gasteiger partial charge in [-0.25, -0.2) is 0 Å². The average molecular weight is 427 g/mol. The van der Waals surface area contributed by atoms with Gasteiger partial charge in [-0.3, -0.25) is 15.3 Å². The van der Waals surface area contributed by atoms with Gasteiger partial charge in [0.05, 0.1) is 23.8 Å². The van der Waals surface area contributed by atoms with Gasteiger partial charge < -0.3 is 20.7 Å². The Morgan fingerprint density at radius 2 is 2.07 bits per heavy atom. The first-order valence-corrected chi connectivity index (χ1v) is 10.8. The largest absolute Gasteiger partial charge is 0.378 e. The summed E-state index contributed by atoms with van der Waals surface area (Å²) in [7, 11) is 0. The van der Waals surface area contributed by atoms with Crippen molar-refractivity contribution < 1.29 is 9.53 Å². The Kier molecular flexibility index (Phi) is 5.94. The summed E-state index contributed by atoms with van der Waals surface area (Å²) < 4.78 is 5.31. The predicted molar refractivity (Wildman–Crippen MR) is 119 cm³/mol. The second-order valence-corrected chi connectivity index (χ2v) is 8.53. The first-order chi connectivity index (χ1) is 14.5. The van der Waals surface area contributed by atoms with Crippen molar-refractivity contribution in [2.24, 2.45) is 5.73 Å². The maximum Gasteiger partial charge on any atom is 0.254 e. The molecule has 0 saturated carbocycles. The number of nitrogens with zero attached hydrogens (tertiary/aromatic N) is 2. The zero-order valence-corrected chi connectivity index (χ0v) is 17.9. The van der Waals surface area contributed by atoms with Crippen LogP contribution in [-0.2, 0) is 11.3 Å². The van der Waals surface area contributed by atoms with Crippen molar-refractivity contribution in [3.8, 4) is 0 Å². The fourth-order valence-corrected chi connectivity index (χ4v) is 4.52. The van der Waals surface area contributed by atoms with Gasteiger partial charge in [0.25, 0.3) is 5.91 Å². The lowest BCUT2D eigenvalue weighted by atomic mass is 10.0. The number of hydrogen-bond acceptors (Lipinski definition) is 7. The molecule has 1 unspecified atom stereocenters. The van der Waals surface area contributed by atoms with Crippen LogP contribution < -0.4 is 11.1 Å². The van der Waals surface area contributed by atoms with Crippen LogP contribution in [0, 0.1) is 5.41 Å². The van der Waals surface area contributed by atoms with Crippen molar-refractivity contribution in [1.29, 1.82) is 5.41 Å². The summed E-state index contributed by atoms with van der Waals surface area (Å²) in [5.74, 6) is 0.766. The fraction of sp³-hybridized carbons (Fsp3) is 0.381. The van der Waals surface area contributed by atoms with E-state index >= 15 is 0 Å². The Hall–Kier alpha value is -2.62. The standard InChI is InChI=1S/C21H26N6O2S/c1-12(13(2)22)16-17-18(30-19(16)23)20(26-25-17)24-11-14-3-5-15(6-4-14)21(28)27-7-9-29-10-8-27/h3-6,13,23H,7-11,22H2,1-2H3,(H2,24,25,26)/b16-12-,23-19?. The first-order valence-electron chi connectivity index (χ1n) is 9.97. The number of nitrogens with one attached hydrogen (secondary N) is 3. The number of nitrogens with two attached hydrogens (primary N) is 1. The summed E-state index contributed by atoms with van der Waals surface area (Å²) in [5.41, 5.74) is 10.4. The smallest absolute Gasteiger partial charge is 0.254 e. The quantitative estimate of drug-likeness (QED) is 0.583. The molecule has 5 N–H and O–H groups in total. The lowest BCUT2D eigenvalue weighted by Crippen LogP contribution is -2.40. The Labute approximate surface area is 179 Å². The lowest BCUT2D eigenvalue weighted by molar-refractivity contribution is 0.0303. The number of carbonyl (C=O) groups is 1. The van der Waals surface area contributed by atoms with Crippen LogP contribution in [0.3, 0.4) is 0 Å². The van der Waals surface area contributed by atoms with Crippen LogP contribution in [-0.4, -0.2) is 58.4 Å². The molecule has 158 valence electrons. The second-order valence-electron chi connectivity index (χ2n) is 7.51. The number of hydrogen-bond donors (Lipinski definition) is 4. The van der Waals surface area contributed by atoms with Crippen molar-refractivity contribution >= 4 is 34.1 Å². The minimum atomic E-state index is -0.120. The molecule has 0 bridgehead atoms. The highest BCUT2D eigenvalue weighted by Gasteiger charge is 2.30. The summed E-state index contributed by atoms with van der Waals surface area (Å²) in [5, 5.41) is 19.6. The van der Waals surface area contributed by atoms with Gasteiger partial charge in [0.15, 0.2) is 5.82 Å². The van der Waals surface area contributed by atoms with Crippen molar-refractivity contribution in [2.45, 2.75) is 31.3 Å². The third-order valence-electron chi connectivity index (χ3n) is 5.44. The van der Waals surface area contributed by atoms with Gasteiger partial charge in [0.1, 0.15) is 5.04 Å². The Morgan fingerprint density at radius 1 is 1.37 bits per heavy atom. The maximum atomic E-state index is 12.6. The minimum absolute atomic E-state index is 0.0432. The first kappa shape index (κ1) is 20.6. The van der Waals surface area contributed by atoms with Crippen molar-refractivity contribution in [2.75, 3.05) is 31.6 Å². The molecular weight excluding hydrogens is 400 g/mol. The number of aromatic nitrogens is 2. The number of rotatable bonds is 5. The molecule has 1 saturated heterocycles. The summed E-state index contributed by atoms with van der Waals surface area (Å²) >= 11 is 1.39. The molecule has 1 aromatic heterocycles. The highest BCUT2D eigenvalue weighted by molar-refractivity contribution is 8.15. The summed E-state index contributed by atoms with van der Waals surface area (Å²) in [6.07, 6.45) is 0. The van der Waals surface area contributed by atoms with E-state index in [0.29, 0.717) is 43.5 Å². The SMILES string of the molecule is C/C(=C1/C(=N)Sc2c(NCc3ccc(C(=O)N4CCOCC4)cc3)n[nH]c21)C(C)N. The van der Waals surface area contributed by atoms with E-state index in [1.165, 1.54) is 11.8 Å². The topological polar surface area (TPSA) is 120 Å². The number of morpholine rings is 1. The third-order valence-corrected chi connectivity index (χ3v) is 6.45. The molecule has 9 heteroatoms. The molecule has 1 fully saturated rings. The van der Waals surface area contributed by atoms with Gasteiger partial charge in [-0.05, 0) is 37.1 Å². The highest BCUT2D eigenvalue weighted by atomic mass is 32.2. The predicted octanol–water partition coefficient (Wildman–Crippen LogP) is 2.70. The highest BCUT2D eigenvalue weighted by Crippen LogP contribution is 2.45. The number of amides is 1. The van der Waals surface area contributed by atoms with E-state index in [4.69, 9.17) is 15.9 Å². The van der Waals surface area contributed by atoms with E-state index in [-0.39, 0.29) is 11.9 Å². The van der Waals surface area contributed by atoms with Gasteiger partial charge in [-0.2, -0.15) is 5.10 Å². The summed E-state index contributed by atoms with van der Waals surface area (Å²) in [6.45, 7) is 6.91. The van der Waals surface area contributed by atoms with Crippen LogP contribution in [0.25, 0.3) is 5.57 Å². The molecule has 0 spiro atoms. The molecule has 1 amide bonds. The molecule has 3 heterocycles. The number of anilines is 1. The van der Waals surface area contributed by atoms with Crippen molar-refractivity contribution in [3.05, 3.63) is 46.7 Å². The van der Waals surface area contributed by atoms with Gasteiger partial charge >= 0.3 is 0 Å². The molecule has 1 aromatic carbocycles. The average Bonchev–Trinajstić information content (AvgIpc) is 3.29. The number of aromatic amines is 1. The fourth-order valence-electron chi connectivity index (χ4n) is 3.49. The van der Waals surface area contributed by atoms with Crippen LogP contribution in [0.1, 0.15) is 35.5 Å². The van der Waals surface area contributed by atoms with E-state index in [1.807, 2.05) is 43.0 Å². The molecule has 0 radical (unpaired) electrons. The normalized spacial score (nSPS) is 18.9. The Balaban J connectivity index is 1.43. The molecule has 30 heavy (non-hydrogen) atoms. The maximum absolute atomic E-state index is 12.6.